The highest BCUT2D eigenvalue weighted by Gasteiger charge is 2.00. The van der Waals surface area contributed by atoms with E-state index in [1.165, 1.54) is 0 Å². The van der Waals surface area contributed by atoms with Crippen LogP contribution in [-0.2, 0) is 9.36 Å². The second-order valence-electron chi connectivity index (χ2n) is 2.81. The minimum absolute atomic E-state index is 0.287. The molecular formula is C6H15O5P. The zero-order chi connectivity index (χ0) is 10.4. The second kappa shape index (κ2) is 6.31. The molecule has 5 nitrogen and oxygen atoms in total. The molecule has 0 unspecified atom stereocenters. The molecule has 74 valence electrons. The Kier molecular flexibility index (Phi) is 7.53. The van der Waals surface area contributed by atoms with Crippen molar-refractivity contribution < 1.29 is 24.0 Å². The Balaban J connectivity index is 0. The van der Waals surface area contributed by atoms with Crippen molar-refractivity contribution in [3.63, 3.8) is 0 Å². The van der Waals surface area contributed by atoms with Gasteiger partial charge in [0.25, 0.3) is 0 Å². The molecule has 3 N–H and O–H groups in total. The standard InChI is InChI=1S/C6H12O.H3O4P/c1-5(2)4-6(3)7;1-5(2,3)4/h5H,4H2,1-3H3;(H3,1,2,3,4). The second-order valence-corrected chi connectivity index (χ2v) is 3.84. The fraction of sp³-hybridized carbons (Fsp3) is 0.833. The lowest BCUT2D eigenvalue weighted by Crippen LogP contribution is -1.95. The van der Waals surface area contributed by atoms with E-state index < -0.39 is 7.82 Å². The molecule has 6 heteroatoms. The van der Waals surface area contributed by atoms with Gasteiger partial charge in [0.1, 0.15) is 5.78 Å². The summed E-state index contributed by atoms with van der Waals surface area (Å²) in [5.74, 6) is 0.813. The van der Waals surface area contributed by atoms with Gasteiger partial charge < -0.3 is 19.5 Å². The van der Waals surface area contributed by atoms with Gasteiger partial charge in [-0.1, -0.05) is 13.8 Å². The van der Waals surface area contributed by atoms with Crippen LogP contribution in [0.2, 0.25) is 0 Å². The van der Waals surface area contributed by atoms with Crippen LogP contribution in [0.5, 0.6) is 0 Å². The maximum atomic E-state index is 10.3. The smallest absolute Gasteiger partial charge is 0.303 e. The van der Waals surface area contributed by atoms with Crippen molar-refractivity contribution in [3.8, 4) is 0 Å². The fourth-order valence-corrected chi connectivity index (χ4v) is 0.575. The molecule has 0 saturated heterocycles. The molecule has 0 aliphatic heterocycles. The monoisotopic (exact) mass is 198 g/mol. The summed E-state index contributed by atoms with van der Waals surface area (Å²) in [5, 5.41) is 0. The minimum atomic E-state index is -4.64. The molecule has 0 bridgehead atoms. The summed E-state index contributed by atoms with van der Waals surface area (Å²) in [6, 6.07) is 0. The molecule has 0 atom stereocenters. The van der Waals surface area contributed by atoms with Crippen LogP contribution in [0.15, 0.2) is 0 Å². The van der Waals surface area contributed by atoms with Crippen LogP contribution in [0.25, 0.3) is 0 Å². The first-order chi connectivity index (χ1) is 5.13. The number of Topliss-reactive ketones (excluding diaryl/α,β-unsaturated/α-hetero) is 1. The molecule has 0 aliphatic rings. The Morgan fingerprint density at radius 1 is 1.33 bits per heavy atom. The number of ketones is 1. The summed E-state index contributed by atoms with van der Waals surface area (Å²) < 4.78 is 8.88. The van der Waals surface area contributed by atoms with Crippen LogP contribution >= 0.6 is 7.82 Å². The maximum absolute atomic E-state index is 10.3. The third-order valence-corrected chi connectivity index (χ3v) is 0.696. The zero-order valence-corrected chi connectivity index (χ0v) is 8.28. The first kappa shape index (κ1) is 14.3. The number of rotatable bonds is 2. The van der Waals surface area contributed by atoms with E-state index >= 15 is 0 Å². The molecule has 0 fully saturated rings. The number of phosphoric acid groups is 1. The van der Waals surface area contributed by atoms with Crippen LogP contribution in [0.4, 0.5) is 0 Å². The highest BCUT2D eigenvalue weighted by molar-refractivity contribution is 7.45. The SMILES string of the molecule is CC(=O)CC(C)C.O=P(O)(O)O. The molecule has 0 heterocycles. The first-order valence-corrected chi connectivity index (χ1v) is 4.97. The molecular weight excluding hydrogens is 183 g/mol. The largest absolute Gasteiger partial charge is 0.466 e. The number of hydrogen-bond acceptors (Lipinski definition) is 2. The van der Waals surface area contributed by atoms with Crippen LogP contribution in [0.3, 0.4) is 0 Å². The molecule has 0 radical (unpaired) electrons. The molecule has 0 spiro atoms. The van der Waals surface area contributed by atoms with E-state index in [0.29, 0.717) is 5.92 Å². The van der Waals surface area contributed by atoms with Crippen molar-refractivity contribution >= 4 is 13.6 Å². The number of carbonyl (C=O) groups is 1. The van der Waals surface area contributed by atoms with Gasteiger partial charge in [-0.3, -0.25) is 0 Å². The lowest BCUT2D eigenvalue weighted by Gasteiger charge is -1.95. The predicted molar refractivity (Wildman–Crippen MR) is 44.4 cm³/mol. The summed E-state index contributed by atoms with van der Waals surface area (Å²) >= 11 is 0. The molecule has 0 aromatic carbocycles. The van der Waals surface area contributed by atoms with Crippen LogP contribution in [0.1, 0.15) is 27.2 Å². The molecule has 12 heavy (non-hydrogen) atoms. The molecule has 0 amide bonds. The highest BCUT2D eigenvalue weighted by Crippen LogP contribution is 2.25. The topological polar surface area (TPSA) is 94.8 Å². The molecule has 0 aliphatic carbocycles. The van der Waals surface area contributed by atoms with Gasteiger partial charge in [-0.2, -0.15) is 0 Å². The van der Waals surface area contributed by atoms with E-state index in [4.69, 9.17) is 19.2 Å². The fourth-order valence-electron chi connectivity index (χ4n) is 0.575. The van der Waals surface area contributed by atoms with Crippen molar-refractivity contribution in [3.05, 3.63) is 0 Å². The van der Waals surface area contributed by atoms with Crippen LogP contribution in [-0.4, -0.2) is 20.5 Å². The summed E-state index contributed by atoms with van der Waals surface area (Å²) in [5.41, 5.74) is 0. The average molecular weight is 198 g/mol. The van der Waals surface area contributed by atoms with Gasteiger partial charge in [0.2, 0.25) is 0 Å². The molecule has 0 saturated carbocycles. The third-order valence-electron chi connectivity index (χ3n) is 0.696. The number of carbonyl (C=O) groups excluding carboxylic acids is 1. The van der Waals surface area contributed by atoms with Crippen LogP contribution < -0.4 is 0 Å². The first-order valence-electron chi connectivity index (χ1n) is 3.40. The number of hydrogen-bond donors (Lipinski definition) is 3. The van der Waals surface area contributed by atoms with Crippen molar-refractivity contribution in [2.75, 3.05) is 0 Å². The maximum Gasteiger partial charge on any atom is 0.466 e. The van der Waals surface area contributed by atoms with Gasteiger partial charge in [0.15, 0.2) is 0 Å². The molecule has 0 rings (SSSR count). The molecule has 0 aromatic rings. The van der Waals surface area contributed by atoms with E-state index in [1.54, 1.807) is 6.92 Å². The summed E-state index contributed by atoms with van der Waals surface area (Å²) in [6.07, 6.45) is 0.722. The van der Waals surface area contributed by atoms with E-state index in [0.717, 1.165) is 6.42 Å². The quantitative estimate of drug-likeness (QED) is 0.567. The summed E-state index contributed by atoms with van der Waals surface area (Å²) in [4.78, 5) is 31.8. The van der Waals surface area contributed by atoms with Crippen molar-refractivity contribution in [2.24, 2.45) is 5.92 Å². The van der Waals surface area contributed by atoms with Gasteiger partial charge in [-0.25, -0.2) is 4.57 Å². The third kappa shape index (κ3) is 52.8. The van der Waals surface area contributed by atoms with Gasteiger partial charge in [-0.15, -0.1) is 0 Å². The van der Waals surface area contributed by atoms with E-state index in [9.17, 15) is 4.79 Å². The normalized spacial score (nSPS) is 10.6. The Hall–Kier alpha value is -0.220. The van der Waals surface area contributed by atoms with Gasteiger partial charge in [0, 0.05) is 6.42 Å². The van der Waals surface area contributed by atoms with Crippen molar-refractivity contribution in [2.45, 2.75) is 27.2 Å². The van der Waals surface area contributed by atoms with E-state index in [-0.39, 0.29) is 5.78 Å². The molecule has 0 aromatic heterocycles. The highest BCUT2D eigenvalue weighted by atomic mass is 31.2. The Labute approximate surface area is 71.7 Å². The lowest BCUT2D eigenvalue weighted by molar-refractivity contribution is -0.117. The van der Waals surface area contributed by atoms with Crippen LogP contribution in [0, 0.1) is 5.92 Å². The van der Waals surface area contributed by atoms with Gasteiger partial charge >= 0.3 is 7.82 Å². The summed E-state index contributed by atoms with van der Waals surface area (Å²) in [6.45, 7) is 5.71. The zero-order valence-electron chi connectivity index (χ0n) is 7.39. The van der Waals surface area contributed by atoms with E-state index in [2.05, 4.69) is 0 Å². The Bertz CT molecular complexity index is 163. The van der Waals surface area contributed by atoms with Gasteiger partial charge in [-0.05, 0) is 12.8 Å². The van der Waals surface area contributed by atoms with Gasteiger partial charge in [0.05, 0.1) is 0 Å². The summed E-state index contributed by atoms with van der Waals surface area (Å²) in [7, 11) is -4.64. The average Bonchev–Trinajstić information content (AvgIpc) is 1.52. The lowest BCUT2D eigenvalue weighted by atomic mass is 10.1. The van der Waals surface area contributed by atoms with E-state index in [1.807, 2.05) is 13.8 Å². The van der Waals surface area contributed by atoms with Crippen molar-refractivity contribution in [1.82, 2.24) is 0 Å². The minimum Gasteiger partial charge on any atom is -0.303 e. The van der Waals surface area contributed by atoms with Crippen molar-refractivity contribution in [1.29, 1.82) is 0 Å². The Morgan fingerprint density at radius 3 is 1.58 bits per heavy atom. The predicted octanol–water partition coefficient (Wildman–Crippen LogP) is 0.693. The Morgan fingerprint density at radius 2 is 1.58 bits per heavy atom.